The van der Waals surface area contributed by atoms with E-state index in [1.165, 1.54) is 12.8 Å². The van der Waals surface area contributed by atoms with Gasteiger partial charge in [-0.3, -0.25) is 9.78 Å². The van der Waals surface area contributed by atoms with Gasteiger partial charge < -0.3 is 5.73 Å². The lowest BCUT2D eigenvalue weighted by Gasteiger charge is -2.26. The van der Waals surface area contributed by atoms with Crippen LogP contribution in [0.3, 0.4) is 0 Å². The van der Waals surface area contributed by atoms with Gasteiger partial charge in [-0.25, -0.2) is 0 Å². The minimum atomic E-state index is 0.0274. The van der Waals surface area contributed by atoms with Gasteiger partial charge in [0.25, 0.3) is 0 Å². The van der Waals surface area contributed by atoms with Crippen LogP contribution in [0.2, 0.25) is 0 Å². The predicted octanol–water partition coefficient (Wildman–Crippen LogP) is 3.10. The maximum Gasteiger partial charge on any atom is 0.167 e. The highest BCUT2D eigenvalue weighted by molar-refractivity contribution is 6.01. The van der Waals surface area contributed by atoms with Crippen LogP contribution in [-0.4, -0.2) is 16.8 Å². The average Bonchev–Trinajstić information content (AvgIpc) is 3.07. The van der Waals surface area contributed by atoms with E-state index in [1.54, 1.807) is 0 Å². The Balaban J connectivity index is 1.70. The topological polar surface area (TPSA) is 56.0 Å². The summed E-state index contributed by atoms with van der Waals surface area (Å²) in [5.41, 5.74) is 9.04. The van der Waals surface area contributed by atoms with Gasteiger partial charge >= 0.3 is 0 Å². The van der Waals surface area contributed by atoms with E-state index in [0.29, 0.717) is 11.8 Å². The van der Waals surface area contributed by atoms with Gasteiger partial charge in [-0.05, 0) is 62.3 Å². The Hall–Kier alpha value is -1.74. The van der Waals surface area contributed by atoms with Crippen LogP contribution in [0.4, 0.5) is 0 Å². The number of hydrogen-bond acceptors (Lipinski definition) is 3. The molecular formula is C18H20N2O. The Labute approximate surface area is 124 Å². The summed E-state index contributed by atoms with van der Waals surface area (Å²) in [6, 6.07) is 9.92. The molecule has 1 aromatic carbocycles. The van der Waals surface area contributed by atoms with Gasteiger partial charge in [-0.1, -0.05) is 6.07 Å². The smallest absolute Gasteiger partial charge is 0.167 e. The third-order valence-corrected chi connectivity index (χ3v) is 5.40. The summed E-state index contributed by atoms with van der Waals surface area (Å²) in [6.45, 7) is 1.98. The van der Waals surface area contributed by atoms with Gasteiger partial charge in [0.1, 0.15) is 0 Å². The Morgan fingerprint density at radius 1 is 1.19 bits per heavy atom. The van der Waals surface area contributed by atoms with Gasteiger partial charge in [-0.2, -0.15) is 0 Å². The summed E-state index contributed by atoms with van der Waals surface area (Å²) in [6.07, 6.45) is 3.52. The Morgan fingerprint density at radius 2 is 2.00 bits per heavy atom. The Kier molecular flexibility index (Phi) is 2.86. The Morgan fingerprint density at radius 3 is 2.76 bits per heavy atom. The standard InChI is InChI=1S/C18H20N2O/c1-10-2-3-11-8-14(6-7-15(11)20-10)18(21)16-12-4-5-13(9-12)17(16)19/h2-3,6-8,12-13,16-17H,4-5,9,19H2,1H3. The molecule has 2 saturated carbocycles. The molecule has 4 rings (SSSR count). The molecule has 1 heterocycles. The summed E-state index contributed by atoms with van der Waals surface area (Å²) < 4.78 is 0. The summed E-state index contributed by atoms with van der Waals surface area (Å²) in [5, 5.41) is 1.03. The quantitative estimate of drug-likeness (QED) is 0.860. The lowest BCUT2D eigenvalue weighted by Crippen LogP contribution is -2.40. The van der Waals surface area contributed by atoms with Crippen LogP contribution in [0, 0.1) is 24.7 Å². The maximum absolute atomic E-state index is 12.9. The fraction of sp³-hybridized carbons (Fsp3) is 0.444. The minimum absolute atomic E-state index is 0.0274. The number of pyridine rings is 1. The third kappa shape index (κ3) is 1.99. The molecule has 0 radical (unpaired) electrons. The summed E-state index contributed by atoms with van der Waals surface area (Å²) >= 11 is 0. The van der Waals surface area contributed by atoms with E-state index in [2.05, 4.69) is 4.98 Å². The molecule has 2 aromatic rings. The van der Waals surface area contributed by atoms with Gasteiger partial charge in [0, 0.05) is 28.6 Å². The zero-order valence-corrected chi connectivity index (χ0v) is 12.3. The number of carbonyl (C=O) groups excluding carboxylic acids is 1. The molecule has 2 fully saturated rings. The van der Waals surface area contributed by atoms with Crippen LogP contribution in [0.5, 0.6) is 0 Å². The van der Waals surface area contributed by atoms with Crippen molar-refractivity contribution in [2.45, 2.75) is 32.2 Å². The van der Waals surface area contributed by atoms with Crippen molar-refractivity contribution in [3.8, 4) is 0 Å². The summed E-state index contributed by atoms with van der Waals surface area (Å²) in [4.78, 5) is 17.3. The molecule has 0 aliphatic heterocycles. The van der Waals surface area contributed by atoms with Crippen molar-refractivity contribution in [3.63, 3.8) is 0 Å². The zero-order valence-electron chi connectivity index (χ0n) is 12.3. The number of rotatable bonds is 2. The monoisotopic (exact) mass is 280 g/mol. The van der Waals surface area contributed by atoms with E-state index in [0.717, 1.165) is 28.6 Å². The largest absolute Gasteiger partial charge is 0.327 e. The number of aromatic nitrogens is 1. The first-order valence-electron chi connectivity index (χ1n) is 7.81. The number of carbonyl (C=O) groups is 1. The maximum atomic E-state index is 12.9. The second-order valence-corrected chi connectivity index (χ2v) is 6.66. The van der Waals surface area contributed by atoms with Crippen molar-refractivity contribution in [3.05, 3.63) is 41.6 Å². The number of benzene rings is 1. The van der Waals surface area contributed by atoms with E-state index in [9.17, 15) is 4.79 Å². The normalized spacial score (nSPS) is 31.0. The molecule has 0 saturated heterocycles. The van der Waals surface area contributed by atoms with Crippen LogP contribution < -0.4 is 5.73 Å². The van der Waals surface area contributed by atoms with Crippen LogP contribution in [0.15, 0.2) is 30.3 Å². The first-order chi connectivity index (χ1) is 10.1. The highest BCUT2D eigenvalue weighted by Crippen LogP contribution is 2.48. The molecule has 4 unspecified atom stereocenters. The third-order valence-electron chi connectivity index (χ3n) is 5.40. The van der Waals surface area contributed by atoms with E-state index in [4.69, 9.17) is 5.73 Å². The highest BCUT2D eigenvalue weighted by Gasteiger charge is 2.48. The van der Waals surface area contributed by atoms with E-state index < -0.39 is 0 Å². The van der Waals surface area contributed by atoms with Crippen molar-refractivity contribution in [1.82, 2.24) is 4.98 Å². The highest BCUT2D eigenvalue weighted by atomic mass is 16.1. The lowest BCUT2D eigenvalue weighted by molar-refractivity contribution is 0.0856. The van der Waals surface area contributed by atoms with E-state index in [1.807, 2.05) is 37.3 Å². The number of hydrogen-bond donors (Lipinski definition) is 1. The molecular weight excluding hydrogens is 260 g/mol. The van der Waals surface area contributed by atoms with Crippen LogP contribution in [-0.2, 0) is 0 Å². The fourth-order valence-electron chi connectivity index (χ4n) is 4.30. The fourth-order valence-corrected chi connectivity index (χ4v) is 4.30. The molecule has 21 heavy (non-hydrogen) atoms. The number of fused-ring (bicyclic) bond motifs is 3. The zero-order chi connectivity index (χ0) is 14.6. The van der Waals surface area contributed by atoms with Crippen LogP contribution in [0.25, 0.3) is 10.9 Å². The average molecular weight is 280 g/mol. The van der Waals surface area contributed by atoms with E-state index >= 15 is 0 Å². The molecule has 1 aromatic heterocycles. The van der Waals surface area contributed by atoms with Crippen molar-refractivity contribution in [2.24, 2.45) is 23.5 Å². The predicted molar refractivity (Wildman–Crippen MR) is 83.1 cm³/mol. The molecule has 4 atom stereocenters. The molecule has 3 nitrogen and oxygen atoms in total. The number of nitrogens with zero attached hydrogens (tertiary/aromatic N) is 1. The van der Waals surface area contributed by atoms with Crippen molar-refractivity contribution < 1.29 is 4.79 Å². The molecule has 2 aliphatic carbocycles. The van der Waals surface area contributed by atoms with Crippen molar-refractivity contribution in [2.75, 3.05) is 0 Å². The van der Waals surface area contributed by atoms with Gasteiger partial charge in [0.2, 0.25) is 0 Å². The number of Topliss-reactive ketones (excluding diaryl/α,β-unsaturated/α-hetero) is 1. The minimum Gasteiger partial charge on any atom is -0.327 e. The van der Waals surface area contributed by atoms with Gasteiger partial charge in [0.05, 0.1) is 5.52 Å². The molecule has 0 spiro atoms. The number of aryl methyl sites for hydroxylation is 1. The first-order valence-corrected chi connectivity index (χ1v) is 7.81. The molecule has 108 valence electrons. The summed E-state index contributed by atoms with van der Waals surface area (Å²) in [7, 11) is 0. The Bertz CT molecular complexity index is 722. The van der Waals surface area contributed by atoms with Crippen LogP contribution in [0.1, 0.15) is 35.3 Å². The number of nitrogens with two attached hydrogens (primary N) is 1. The molecule has 0 amide bonds. The lowest BCUT2D eigenvalue weighted by atomic mass is 9.80. The van der Waals surface area contributed by atoms with Gasteiger partial charge in [0.15, 0.2) is 5.78 Å². The molecule has 2 N–H and O–H groups in total. The van der Waals surface area contributed by atoms with Crippen molar-refractivity contribution in [1.29, 1.82) is 0 Å². The SMILES string of the molecule is Cc1ccc2cc(C(=O)C3C4CCC(C4)C3N)ccc2n1. The molecule has 2 bridgehead atoms. The van der Waals surface area contributed by atoms with Crippen molar-refractivity contribution >= 4 is 16.7 Å². The summed E-state index contributed by atoms with van der Waals surface area (Å²) in [5.74, 6) is 1.33. The second kappa shape index (κ2) is 4.63. The van der Waals surface area contributed by atoms with Crippen LogP contribution >= 0.6 is 0 Å². The number of ketones is 1. The second-order valence-electron chi connectivity index (χ2n) is 6.66. The molecule has 3 heteroatoms. The van der Waals surface area contributed by atoms with Gasteiger partial charge in [-0.15, -0.1) is 0 Å². The first kappa shape index (κ1) is 13.0. The van der Waals surface area contributed by atoms with E-state index in [-0.39, 0.29) is 17.7 Å². The molecule has 2 aliphatic rings.